The summed E-state index contributed by atoms with van der Waals surface area (Å²) >= 11 is 7.02. The van der Waals surface area contributed by atoms with Crippen LogP contribution in [0.3, 0.4) is 0 Å². The van der Waals surface area contributed by atoms with Gasteiger partial charge >= 0.3 is 0 Å². The van der Waals surface area contributed by atoms with E-state index in [1.165, 1.54) is 11.3 Å². The fourth-order valence-electron chi connectivity index (χ4n) is 0.709. The van der Waals surface area contributed by atoms with Gasteiger partial charge < -0.3 is 0 Å². The molecule has 2 nitrogen and oxygen atoms in total. The summed E-state index contributed by atoms with van der Waals surface area (Å²) in [5, 5.41) is 0. The van der Waals surface area contributed by atoms with Gasteiger partial charge in [0, 0.05) is 15.6 Å². The average Bonchev–Trinajstić information content (AvgIpc) is 2.30. The van der Waals surface area contributed by atoms with Crippen LogP contribution in [0.4, 0.5) is 0 Å². The highest BCUT2D eigenvalue weighted by molar-refractivity contribution is 8.13. The molecule has 0 unspecified atom stereocenters. The summed E-state index contributed by atoms with van der Waals surface area (Å²) in [4.78, 5) is 0.934. The minimum absolute atomic E-state index is 0.0363. The Morgan fingerprint density at radius 2 is 2.08 bits per heavy atom. The molecule has 1 rings (SSSR count). The minimum atomic E-state index is -3.38. The minimum Gasteiger partial charge on any atom is -0.212 e. The van der Waals surface area contributed by atoms with Crippen molar-refractivity contribution in [2.24, 2.45) is 0 Å². The topological polar surface area (TPSA) is 34.1 Å². The molecule has 1 aromatic heterocycles. The van der Waals surface area contributed by atoms with Gasteiger partial charge in [-0.2, -0.15) is 0 Å². The van der Waals surface area contributed by atoms with Crippen LogP contribution in [0.2, 0.25) is 4.34 Å². The Balaban J connectivity index is 2.55. The molecular formula is C6H6Cl2O2S2. The lowest BCUT2D eigenvalue weighted by Gasteiger charge is -1.92. The predicted octanol–water partition coefficient (Wildman–Crippen LogP) is 2.51. The number of halogens is 2. The lowest BCUT2D eigenvalue weighted by molar-refractivity contribution is 0.609. The van der Waals surface area contributed by atoms with Gasteiger partial charge in [-0.3, -0.25) is 0 Å². The monoisotopic (exact) mass is 244 g/mol. The van der Waals surface area contributed by atoms with Crippen LogP contribution in [0.1, 0.15) is 4.88 Å². The van der Waals surface area contributed by atoms with Crippen molar-refractivity contribution in [2.45, 2.75) is 6.42 Å². The third-order valence-corrected chi connectivity index (χ3v) is 3.67. The molecule has 6 heteroatoms. The summed E-state index contributed by atoms with van der Waals surface area (Å²) in [6.45, 7) is 0. The number of hydrogen-bond donors (Lipinski definition) is 0. The smallest absolute Gasteiger partial charge is 0.212 e. The Bertz CT molecular complexity index is 355. The highest BCUT2D eigenvalue weighted by atomic mass is 35.7. The summed E-state index contributed by atoms with van der Waals surface area (Å²) in [6, 6.07) is 3.54. The van der Waals surface area contributed by atoms with Crippen molar-refractivity contribution in [1.29, 1.82) is 0 Å². The average molecular weight is 245 g/mol. The van der Waals surface area contributed by atoms with E-state index < -0.39 is 9.05 Å². The largest absolute Gasteiger partial charge is 0.232 e. The van der Waals surface area contributed by atoms with Crippen molar-refractivity contribution in [3.8, 4) is 0 Å². The van der Waals surface area contributed by atoms with Gasteiger partial charge in [0.1, 0.15) is 0 Å². The molecule has 0 atom stereocenters. The highest BCUT2D eigenvalue weighted by Crippen LogP contribution is 2.22. The van der Waals surface area contributed by atoms with Crippen molar-refractivity contribution in [3.63, 3.8) is 0 Å². The van der Waals surface area contributed by atoms with Crippen LogP contribution in [-0.2, 0) is 15.5 Å². The molecule has 1 heterocycles. The van der Waals surface area contributed by atoms with E-state index in [1.54, 1.807) is 12.1 Å². The van der Waals surface area contributed by atoms with Crippen LogP contribution in [0, 0.1) is 0 Å². The summed E-state index contributed by atoms with van der Waals surface area (Å²) in [5.74, 6) is -0.0363. The Morgan fingerprint density at radius 1 is 1.42 bits per heavy atom. The van der Waals surface area contributed by atoms with Gasteiger partial charge in [-0.05, 0) is 18.6 Å². The number of rotatable bonds is 3. The van der Waals surface area contributed by atoms with Gasteiger partial charge in [0.15, 0.2) is 0 Å². The van der Waals surface area contributed by atoms with Gasteiger partial charge in [0.2, 0.25) is 9.05 Å². The van der Waals surface area contributed by atoms with E-state index in [0.717, 1.165) is 4.88 Å². The normalized spacial score (nSPS) is 11.8. The van der Waals surface area contributed by atoms with Crippen LogP contribution < -0.4 is 0 Å². The second-order valence-electron chi connectivity index (χ2n) is 2.20. The first-order valence-electron chi connectivity index (χ1n) is 3.14. The highest BCUT2D eigenvalue weighted by Gasteiger charge is 2.06. The lowest BCUT2D eigenvalue weighted by atomic mass is 10.4. The van der Waals surface area contributed by atoms with Gasteiger partial charge in [0.25, 0.3) is 0 Å². The molecule has 68 valence electrons. The van der Waals surface area contributed by atoms with Gasteiger partial charge in [-0.25, -0.2) is 8.42 Å². The van der Waals surface area contributed by atoms with Crippen molar-refractivity contribution >= 4 is 42.7 Å². The van der Waals surface area contributed by atoms with Crippen LogP contribution in [0.25, 0.3) is 0 Å². The molecule has 0 amide bonds. The first-order valence-corrected chi connectivity index (χ1v) is 6.81. The maximum Gasteiger partial charge on any atom is 0.232 e. The molecule has 0 N–H and O–H groups in total. The molecule has 0 saturated heterocycles. The van der Waals surface area contributed by atoms with Gasteiger partial charge in [-0.15, -0.1) is 11.3 Å². The zero-order valence-corrected chi connectivity index (χ0v) is 9.10. The van der Waals surface area contributed by atoms with E-state index in [4.69, 9.17) is 22.3 Å². The molecule has 0 fully saturated rings. The quantitative estimate of drug-likeness (QED) is 0.767. The molecule has 0 aliphatic rings. The van der Waals surface area contributed by atoms with Crippen LogP contribution in [0.15, 0.2) is 12.1 Å². The maximum atomic E-state index is 10.5. The fourth-order valence-corrected chi connectivity index (χ4v) is 2.62. The molecule has 12 heavy (non-hydrogen) atoms. The third kappa shape index (κ3) is 3.76. The number of thiophene rings is 1. The molecule has 0 aromatic carbocycles. The molecule has 0 radical (unpaired) electrons. The van der Waals surface area contributed by atoms with Crippen molar-refractivity contribution in [3.05, 3.63) is 21.3 Å². The molecular weight excluding hydrogens is 239 g/mol. The van der Waals surface area contributed by atoms with E-state index in [2.05, 4.69) is 0 Å². The standard InChI is InChI=1S/C6H6Cl2O2S2/c7-6-2-1-5(11-6)3-4-12(8,9)10/h1-2H,3-4H2. The Morgan fingerprint density at radius 3 is 2.50 bits per heavy atom. The Hall–Kier alpha value is 0.230. The SMILES string of the molecule is O=S(=O)(Cl)CCc1ccc(Cl)s1. The Kier molecular flexibility index (Phi) is 3.40. The third-order valence-electron chi connectivity index (χ3n) is 1.22. The van der Waals surface area contributed by atoms with E-state index in [1.807, 2.05) is 0 Å². The van der Waals surface area contributed by atoms with Crippen molar-refractivity contribution in [2.75, 3.05) is 5.75 Å². The van der Waals surface area contributed by atoms with Crippen LogP contribution in [0.5, 0.6) is 0 Å². The van der Waals surface area contributed by atoms with E-state index in [0.29, 0.717) is 10.8 Å². The molecule has 0 bridgehead atoms. The van der Waals surface area contributed by atoms with Gasteiger partial charge in [-0.1, -0.05) is 11.6 Å². The molecule has 0 spiro atoms. The number of hydrogen-bond acceptors (Lipinski definition) is 3. The van der Waals surface area contributed by atoms with E-state index in [-0.39, 0.29) is 5.75 Å². The molecule has 1 aromatic rings. The van der Waals surface area contributed by atoms with Crippen LogP contribution >= 0.6 is 33.6 Å². The first kappa shape index (κ1) is 10.3. The number of aryl methyl sites for hydroxylation is 1. The van der Waals surface area contributed by atoms with Crippen molar-refractivity contribution < 1.29 is 8.42 Å². The van der Waals surface area contributed by atoms with Crippen molar-refractivity contribution in [1.82, 2.24) is 0 Å². The molecule has 0 aliphatic heterocycles. The Labute approximate surface area is 84.5 Å². The van der Waals surface area contributed by atoms with Crippen LogP contribution in [-0.4, -0.2) is 14.2 Å². The zero-order chi connectivity index (χ0) is 9.19. The first-order chi connectivity index (χ1) is 5.47. The van der Waals surface area contributed by atoms with E-state index in [9.17, 15) is 8.42 Å². The van der Waals surface area contributed by atoms with Gasteiger partial charge in [0.05, 0.1) is 10.1 Å². The lowest BCUT2D eigenvalue weighted by Crippen LogP contribution is -1.99. The summed E-state index contributed by atoms with van der Waals surface area (Å²) in [6.07, 6.45) is 0.434. The summed E-state index contributed by atoms with van der Waals surface area (Å²) in [5.41, 5.74) is 0. The van der Waals surface area contributed by atoms with E-state index >= 15 is 0 Å². The molecule has 0 aliphatic carbocycles. The second kappa shape index (κ2) is 3.96. The predicted molar refractivity (Wildman–Crippen MR) is 52.7 cm³/mol. The molecule has 0 saturated carbocycles. The second-order valence-corrected chi connectivity index (χ2v) is 6.89. The maximum absolute atomic E-state index is 10.5. The zero-order valence-electron chi connectivity index (χ0n) is 5.96. The summed E-state index contributed by atoms with van der Waals surface area (Å²) < 4.78 is 21.8. The fraction of sp³-hybridized carbons (Fsp3) is 0.333. The summed E-state index contributed by atoms with van der Waals surface area (Å²) in [7, 11) is 1.66.